The minimum absolute atomic E-state index is 0.540. The van der Waals surface area contributed by atoms with Crippen LogP contribution in [0, 0.1) is 11.8 Å². The second-order valence-corrected chi connectivity index (χ2v) is 6.97. The Morgan fingerprint density at radius 3 is 2.73 bits per heavy atom. The van der Waals surface area contributed by atoms with E-state index in [2.05, 4.69) is 12.2 Å². The van der Waals surface area contributed by atoms with Gasteiger partial charge in [0, 0.05) is 34.9 Å². The Labute approximate surface area is 95.7 Å². The van der Waals surface area contributed by atoms with Crippen molar-refractivity contribution in [2.24, 2.45) is 11.8 Å². The van der Waals surface area contributed by atoms with Crippen LogP contribution in [0.4, 0.5) is 0 Å². The minimum Gasteiger partial charge on any atom is -0.311 e. The van der Waals surface area contributed by atoms with Gasteiger partial charge in [-0.25, -0.2) is 0 Å². The first-order valence-electron chi connectivity index (χ1n) is 6.21. The Morgan fingerprint density at radius 2 is 2.20 bits per heavy atom. The van der Waals surface area contributed by atoms with Crippen LogP contribution in [0.5, 0.6) is 0 Å². The van der Waals surface area contributed by atoms with E-state index in [4.69, 9.17) is 0 Å². The van der Waals surface area contributed by atoms with E-state index in [1.807, 2.05) is 0 Å². The number of nitrogens with one attached hydrogen (secondary N) is 1. The van der Waals surface area contributed by atoms with Gasteiger partial charge in [0.15, 0.2) is 0 Å². The summed E-state index contributed by atoms with van der Waals surface area (Å²) in [5.74, 6) is 2.80. The molecule has 0 aliphatic heterocycles. The monoisotopic (exact) mass is 229 g/mol. The zero-order chi connectivity index (χ0) is 10.8. The molecule has 3 heteroatoms. The molecule has 2 nitrogen and oxygen atoms in total. The van der Waals surface area contributed by atoms with Crippen molar-refractivity contribution >= 4 is 10.8 Å². The molecule has 2 aliphatic rings. The first-order chi connectivity index (χ1) is 7.15. The van der Waals surface area contributed by atoms with Crippen molar-refractivity contribution in [3.8, 4) is 0 Å². The Balaban J connectivity index is 1.70. The number of hydrogen-bond donors (Lipinski definition) is 1. The SMILES string of the molecule is CC(CCS(C)=O)NC1CC2CCC1C2. The predicted molar refractivity (Wildman–Crippen MR) is 65.4 cm³/mol. The Kier molecular flexibility index (Phi) is 3.83. The highest BCUT2D eigenvalue weighted by Gasteiger charge is 2.39. The van der Waals surface area contributed by atoms with Gasteiger partial charge in [0.1, 0.15) is 0 Å². The summed E-state index contributed by atoms with van der Waals surface area (Å²) in [5.41, 5.74) is 0. The van der Waals surface area contributed by atoms with Crippen LogP contribution in [0.2, 0.25) is 0 Å². The zero-order valence-corrected chi connectivity index (χ0v) is 10.7. The van der Waals surface area contributed by atoms with Crippen molar-refractivity contribution in [2.45, 2.75) is 51.1 Å². The average Bonchev–Trinajstić information content (AvgIpc) is 2.76. The van der Waals surface area contributed by atoms with E-state index in [-0.39, 0.29) is 0 Å². The molecule has 2 rings (SSSR count). The maximum atomic E-state index is 11.0. The fourth-order valence-corrected chi connectivity index (χ4v) is 3.93. The van der Waals surface area contributed by atoms with E-state index < -0.39 is 10.8 Å². The van der Waals surface area contributed by atoms with Gasteiger partial charge in [0.05, 0.1) is 0 Å². The van der Waals surface area contributed by atoms with Crippen LogP contribution in [-0.2, 0) is 10.8 Å². The van der Waals surface area contributed by atoms with Gasteiger partial charge < -0.3 is 5.32 Å². The highest BCUT2D eigenvalue weighted by molar-refractivity contribution is 7.84. The molecule has 0 aromatic carbocycles. The Morgan fingerprint density at radius 1 is 1.40 bits per heavy atom. The average molecular weight is 229 g/mol. The lowest BCUT2D eigenvalue weighted by molar-refractivity contribution is 0.322. The third kappa shape index (κ3) is 3.04. The first-order valence-corrected chi connectivity index (χ1v) is 7.94. The third-order valence-corrected chi connectivity index (χ3v) is 4.89. The van der Waals surface area contributed by atoms with Crippen molar-refractivity contribution < 1.29 is 4.21 Å². The number of rotatable bonds is 5. The van der Waals surface area contributed by atoms with Gasteiger partial charge in [-0.2, -0.15) is 0 Å². The van der Waals surface area contributed by atoms with Crippen molar-refractivity contribution in [2.75, 3.05) is 12.0 Å². The van der Waals surface area contributed by atoms with Crippen LogP contribution < -0.4 is 5.32 Å². The van der Waals surface area contributed by atoms with E-state index in [0.29, 0.717) is 6.04 Å². The van der Waals surface area contributed by atoms with Crippen LogP contribution >= 0.6 is 0 Å². The fourth-order valence-electron chi connectivity index (χ4n) is 3.24. The summed E-state index contributed by atoms with van der Waals surface area (Å²) >= 11 is 0. The molecule has 2 aliphatic carbocycles. The van der Waals surface area contributed by atoms with Crippen LogP contribution in [0.1, 0.15) is 39.0 Å². The highest BCUT2D eigenvalue weighted by atomic mass is 32.2. The summed E-state index contributed by atoms with van der Waals surface area (Å²) in [6.45, 7) is 2.23. The van der Waals surface area contributed by atoms with Crippen LogP contribution in [0.25, 0.3) is 0 Å². The Hall–Kier alpha value is 0.110. The van der Waals surface area contributed by atoms with Crippen LogP contribution in [-0.4, -0.2) is 28.3 Å². The summed E-state index contributed by atoms with van der Waals surface area (Å²) in [7, 11) is -0.631. The first kappa shape index (κ1) is 11.6. The van der Waals surface area contributed by atoms with Crippen molar-refractivity contribution in [1.29, 1.82) is 0 Å². The maximum absolute atomic E-state index is 11.0. The molecule has 1 N–H and O–H groups in total. The molecule has 0 aromatic rings. The molecule has 88 valence electrons. The molecule has 2 fully saturated rings. The molecule has 5 atom stereocenters. The minimum atomic E-state index is -0.631. The molecule has 15 heavy (non-hydrogen) atoms. The van der Waals surface area contributed by atoms with E-state index in [0.717, 1.165) is 30.1 Å². The zero-order valence-electron chi connectivity index (χ0n) is 9.87. The number of hydrogen-bond acceptors (Lipinski definition) is 2. The molecule has 0 saturated heterocycles. The summed E-state index contributed by atoms with van der Waals surface area (Å²) in [4.78, 5) is 0. The largest absolute Gasteiger partial charge is 0.311 e. The van der Waals surface area contributed by atoms with Crippen molar-refractivity contribution in [3.05, 3.63) is 0 Å². The van der Waals surface area contributed by atoms with Gasteiger partial charge in [-0.3, -0.25) is 4.21 Å². The lowest BCUT2D eigenvalue weighted by atomic mass is 9.94. The van der Waals surface area contributed by atoms with Gasteiger partial charge in [0.2, 0.25) is 0 Å². The van der Waals surface area contributed by atoms with Crippen LogP contribution in [0.15, 0.2) is 0 Å². The molecular formula is C12H23NOS. The van der Waals surface area contributed by atoms with Crippen molar-refractivity contribution in [3.63, 3.8) is 0 Å². The molecule has 0 aromatic heterocycles. The molecule has 2 saturated carbocycles. The highest BCUT2D eigenvalue weighted by Crippen LogP contribution is 2.44. The fraction of sp³-hybridized carbons (Fsp3) is 1.00. The topological polar surface area (TPSA) is 29.1 Å². The van der Waals surface area contributed by atoms with Crippen LogP contribution in [0.3, 0.4) is 0 Å². The molecule has 0 spiro atoms. The van der Waals surface area contributed by atoms with E-state index in [9.17, 15) is 4.21 Å². The molecule has 0 amide bonds. The standard InChI is InChI=1S/C12H23NOS/c1-9(5-6-15(2)14)13-12-8-10-3-4-11(12)7-10/h9-13H,3-8H2,1-2H3. The van der Waals surface area contributed by atoms with Gasteiger partial charge in [0.25, 0.3) is 0 Å². The third-order valence-electron chi connectivity index (χ3n) is 4.08. The quantitative estimate of drug-likeness (QED) is 0.780. The van der Waals surface area contributed by atoms with Gasteiger partial charge >= 0.3 is 0 Å². The van der Waals surface area contributed by atoms with Gasteiger partial charge in [-0.05, 0) is 44.4 Å². The number of fused-ring (bicyclic) bond motifs is 2. The Bertz CT molecular complexity index is 244. The molecule has 0 heterocycles. The summed E-state index contributed by atoms with van der Waals surface area (Å²) in [6, 6.07) is 1.31. The maximum Gasteiger partial charge on any atom is 0.0246 e. The summed E-state index contributed by atoms with van der Waals surface area (Å²) < 4.78 is 11.0. The van der Waals surface area contributed by atoms with E-state index in [1.54, 1.807) is 6.26 Å². The van der Waals surface area contributed by atoms with Gasteiger partial charge in [-0.15, -0.1) is 0 Å². The lowest BCUT2D eigenvalue weighted by Crippen LogP contribution is -2.40. The molecule has 5 unspecified atom stereocenters. The van der Waals surface area contributed by atoms with E-state index in [1.165, 1.54) is 25.7 Å². The molecular weight excluding hydrogens is 206 g/mol. The summed E-state index contributed by atoms with van der Waals surface area (Å²) in [6.07, 6.45) is 8.61. The second-order valence-electron chi connectivity index (χ2n) is 5.42. The van der Waals surface area contributed by atoms with E-state index >= 15 is 0 Å². The molecule has 2 bridgehead atoms. The summed E-state index contributed by atoms with van der Waals surface area (Å²) in [5, 5.41) is 3.73. The predicted octanol–water partition coefficient (Wildman–Crippen LogP) is 1.92. The molecule has 0 radical (unpaired) electrons. The second kappa shape index (κ2) is 4.96. The smallest absolute Gasteiger partial charge is 0.0246 e. The van der Waals surface area contributed by atoms with Crippen molar-refractivity contribution in [1.82, 2.24) is 5.32 Å². The lowest BCUT2D eigenvalue weighted by Gasteiger charge is -2.26. The normalized spacial score (nSPS) is 38.1. The van der Waals surface area contributed by atoms with Gasteiger partial charge in [-0.1, -0.05) is 6.42 Å².